The molecule has 1 unspecified atom stereocenters. The molecule has 1 aromatic carbocycles. The topological polar surface area (TPSA) is 26.0 Å². The lowest BCUT2D eigenvalue weighted by molar-refractivity contribution is 0.599. The standard InChI is InChI=1S/C13H17N/c1-10-5-7-11(8-6-10)12-3-2-4-13(14)9-12/h2-5,9,11H,6-8,14H2,1H3. The van der Waals surface area contributed by atoms with Crippen LogP contribution in [0.25, 0.3) is 0 Å². The van der Waals surface area contributed by atoms with Crippen LogP contribution in [-0.2, 0) is 0 Å². The number of hydrogen-bond donors (Lipinski definition) is 1. The number of anilines is 1. The molecule has 1 atom stereocenters. The van der Waals surface area contributed by atoms with Crippen molar-refractivity contribution in [2.75, 3.05) is 5.73 Å². The van der Waals surface area contributed by atoms with Gasteiger partial charge >= 0.3 is 0 Å². The van der Waals surface area contributed by atoms with Crippen molar-refractivity contribution < 1.29 is 0 Å². The number of hydrogen-bond acceptors (Lipinski definition) is 1. The third kappa shape index (κ3) is 1.98. The van der Waals surface area contributed by atoms with Crippen LogP contribution in [0.1, 0.15) is 37.7 Å². The monoisotopic (exact) mass is 187 g/mol. The Balaban J connectivity index is 2.16. The zero-order chi connectivity index (χ0) is 9.97. The lowest BCUT2D eigenvalue weighted by Gasteiger charge is -2.20. The molecule has 0 aromatic heterocycles. The van der Waals surface area contributed by atoms with Crippen LogP contribution in [-0.4, -0.2) is 0 Å². The number of nitrogen functional groups attached to an aromatic ring is 1. The normalized spacial score (nSPS) is 21.8. The van der Waals surface area contributed by atoms with E-state index in [4.69, 9.17) is 5.73 Å². The summed E-state index contributed by atoms with van der Waals surface area (Å²) in [6.07, 6.45) is 6.04. The fraction of sp³-hybridized carbons (Fsp3) is 0.385. The van der Waals surface area contributed by atoms with E-state index in [-0.39, 0.29) is 0 Å². The lowest BCUT2D eigenvalue weighted by atomic mass is 9.85. The largest absolute Gasteiger partial charge is 0.399 e. The van der Waals surface area contributed by atoms with Gasteiger partial charge in [-0.3, -0.25) is 0 Å². The van der Waals surface area contributed by atoms with E-state index in [0.29, 0.717) is 5.92 Å². The van der Waals surface area contributed by atoms with Gasteiger partial charge in [0.25, 0.3) is 0 Å². The minimum Gasteiger partial charge on any atom is -0.399 e. The first-order chi connectivity index (χ1) is 6.75. The first-order valence-corrected chi connectivity index (χ1v) is 5.27. The molecule has 0 radical (unpaired) electrons. The van der Waals surface area contributed by atoms with Crippen molar-refractivity contribution in [3.63, 3.8) is 0 Å². The Kier molecular flexibility index (Phi) is 2.58. The Bertz CT molecular complexity index is 352. The van der Waals surface area contributed by atoms with Crippen LogP contribution in [0.5, 0.6) is 0 Å². The summed E-state index contributed by atoms with van der Waals surface area (Å²) in [5.74, 6) is 0.683. The molecule has 1 aliphatic carbocycles. The Morgan fingerprint density at radius 2 is 2.21 bits per heavy atom. The highest BCUT2D eigenvalue weighted by atomic mass is 14.5. The zero-order valence-corrected chi connectivity index (χ0v) is 8.66. The Hall–Kier alpha value is -1.24. The smallest absolute Gasteiger partial charge is 0.0316 e. The van der Waals surface area contributed by atoms with Gasteiger partial charge in [-0.2, -0.15) is 0 Å². The summed E-state index contributed by atoms with van der Waals surface area (Å²) in [7, 11) is 0. The summed E-state index contributed by atoms with van der Waals surface area (Å²) in [6, 6.07) is 8.30. The van der Waals surface area contributed by atoms with E-state index in [1.54, 1.807) is 0 Å². The molecule has 0 spiro atoms. The minimum absolute atomic E-state index is 0.683. The molecule has 1 heteroatoms. The quantitative estimate of drug-likeness (QED) is 0.528. The number of benzene rings is 1. The van der Waals surface area contributed by atoms with E-state index in [1.807, 2.05) is 6.07 Å². The molecule has 0 amide bonds. The Labute approximate surface area is 85.6 Å². The Morgan fingerprint density at radius 1 is 1.36 bits per heavy atom. The summed E-state index contributed by atoms with van der Waals surface area (Å²) in [6.45, 7) is 2.22. The molecular formula is C13H17N. The molecule has 0 saturated carbocycles. The second-order valence-electron chi connectivity index (χ2n) is 4.19. The third-order valence-corrected chi connectivity index (χ3v) is 3.02. The van der Waals surface area contributed by atoms with Crippen molar-refractivity contribution >= 4 is 5.69 Å². The summed E-state index contributed by atoms with van der Waals surface area (Å²) in [4.78, 5) is 0. The summed E-state index contributed by atoms with van der Waals surface area (Å²) < 4.78 is 0. The third-order valence-electron chi connectivity index (χ3n) is 3.02. The highest BCUT2D eigenvalue weighted by Gasteiger charge is 2.14. The summed E-state index contributed by atoms with van der Waals surface area (Å²) >= 11 is 0. The molecule has 2 N–H and O–H groups in total. The molecule has 0 aliphatic heterocycles. The fourth-order valence-corrected chi connectivity index (χ4v) is 2.08. The maximum atomic E-state index is 5.78. The average Bonchev–Trinajstić information content (AvgIpc) is 2.19. The van der Waals surface area contributed by atoms with E-state index < -0.39 is 0 Å². The predicted molar refractivity (Wildman–Crippen MR) is 61.2 cm³/mol. The van der Waals surface area contributed by atoms with Crippen molar-refractivity contribution in [3.05, 3.63) is 41.5 Å². The molecule has 14 heavy (non-hydrogen) atoms. The van der Waals surface area contributed by atoms with Gasteiger partial charge in [0.15, 0.2) is 0 Å². The van der Waals surface area contributed by atoms with Gasteiger partial charge in [-0.25, -0.2) is 0 Å². The molecule has 0 fully saturated rings. The molecule has 0 bridgehead atoms. The number of nitrogens with two attached hydrogens (primary N) is 1. The fourth-order valence-electron chi connectivity index (χ4n) is 2.08. The highest BCUT2D eigenvalue weighted by molar-refractivity contribution is 5.42. The van der Waals surface area contributed by atoms with Crippen molar-refractivity contribution in [1.82, 2.24) is 0 Å². The van der Waals surface area contributed by atoms with Gasteiger partial charge in [-0.05, 0) is 49.8 Å². The SMILES string of the molecule is CC1=CCC(c2cccc(N)c2)CC1. The second-order valence-corrected chi connectivity index (χ2v) is 4.19. The maximum Gasteiger partial charge on any atom is 0.0316 e. The van der Waals surface area contributed by atoms with Crippen LogP contribution in [0.3, 0.4) is 0 Å². The van der Waals surface area contributed by atoms with Crippen LogP contribution >= 0.6 is 0 Å². The second kappa shape index (κ2) is 3.87. The first-order valence-electron chi connectivity index (χ1n) is 5.27. The van der Waals surface area contributed by atoms with E-state index in [1.165, 1.54) is 30.4 Å². The van der Waals surface area contributed by atoms with Gasteiger partial charge in [-0.15, -0.1) is 0 Å². The van der Waals surface area contributed by atoms with Crippen molar-refractivity contribution in [3.8, 4) is 0 Å². The van der Waals surface area contributed by atoms with E-state index >= 15 is 0 Å². The highest BCUT2D eigenvalue weighted by Crippen LogP contribution is 2.32. The molecule has 74 valence electrons. The van der Waals surface area contributed by atoms with Crippen LogP contribution < -0.4 is 5.73 Å². The van der Waals surface area contributed by atoms with E-state index in [0.717, 1.165) is 5.69 Å². The predicted octanol–water partition coefficient (Wildman–Crippen LogP) is 3.48. The van der Waals surface area contributed by atoms with Crippen molar-refractivity contribution in [2.45, 2.75) is 32.1 Å². The molecular weight excluding hydrogens is 170 g/mol. The van der Waals surface area contributed by atoms with Crippen LogP contribution in [0.4, 0.5) is 5.69 Å². The van der Waals surface area contributed by atoms with Gasteiger partial charge in [-0.1, -0.05) is 23.8 Å². The molecule has 1 aromatic rings. The van der Waals surface area contributed by atoms with Crippen molar-refractivity contribution in [2.24, 2.45) is 0 Å². The van der Waals surface area contributed by atoms with Gasteiger partial charge in [0.05, 0.1) is 0 Å². The number of rotatable bonds is 1. The van der Waals surface area contributed by atoms with Crippen LogP contribution in [0.15, 0.2) is 35.9 Å². The van der Waals surface area contributed by atoms with Crippen molar-refractivity contribution in [1.29, 1.82) is 0 Å². The van der Waals surface area contributed by atoms with Gasteiger partial charge in [0.1, 0.15) is 0 Å². The van der Waals surface area contributed by atoms with E-state index in [9.17, 15) is 0 Å². The average molecular weight is 187 g/mol. The molecule has 1 nitrogen and oxygen atoms in total. The molecule has 0 saturated heterocycles. The van der Waals surface area contributed by atoms with Gasteiger partial charge in [0.2, 0.25) is 0 Å². The van der Waals surface area contributed by atoms with Gasteiger partial charge < -0.3 is 5.73 Å². The first kappa shape index (κ1) is 9.32. The lowest BCUT2D eigenvalue weighted by Crippen LogP contribution is -2.03. The van der Waals surface area contributed by atoms with Gasteiger partial charge in [0, 0.05) is 5.69 Å². The molecule has 1 aliphatic rings. The minimum atomic E-state index is 0.683. The number of allylic oxidation sites excluding steroid dienone is 2. The maximum absolute atomic E-state index is 5.78. The van der Waals surface area contributed by atoms with Crippen LogP contribution in [0, 0.1) is 0 Å². The van der Waals surface area contributed by atoms with E-state index in [2.05, 4.69) is 31.2 Å². The summed E-state index contributed by atoms with van der Waals surface area (Å²) in [5.41, 5.74) is 9.59. The zero-order valence-electron chi connectivity index (χ0n) is 8.66. The molecule has 0 heterocycles. The molecule has 2 rings (SSSR count). The summed E-state index contributed by atoms with van der Waals surface area (Å²) in [5, 5.41) is 0. The van der Waals surface area contributed by atoms with Crippen LogP contribution in [0.2, 0.25) is 0 Å². The Morgan fingerprint density at radius 3 is 2.86 bits per heavy atom.